The van der Waals surface area contributed by atoms with E-state index in [2.05, 4.69) is 5.32 Å². The number of fused-ring (bicyclic) bond motifs is 1. The smallest absolute Gasteiger partial charge is 0.331 e. The first-order valence-electron chi connectivity index (χ1n) is 8.73. The number of Topliss-reactive ketones (excluding diaryl/α,β-unsaturated/α-hetero) is 1. The van der Waals surface area contributed by atoms with Crippen molar-refractivity contribution in [2.75, 3.05) is 6.54 Å². The van der Waals surface area contributed by atoms with Gasteiger partial charge in [0.05, 0.1) is 18.0 Å². The van der Waals surface area contributed by atoms with Crippen molar-refractivity contribution < 1.29 is 23.9 Å². The topological polar surface area (TPSA) is 120 Å². The summed E-state index contributed by atoms with van der Waals surface area (Å²) in [4.78, 5) is 47.7. The van der Waals surface area contributed by atoms with Crippen molar-refractivity contribution in [3.8, 4) is 0 Å². The SMILES string of the molecule is Cn1c(C(=O)[C@H]2CCN[C@H]2C(=O)OC(=O)CCC(N)=O)cc2ccccc21. The minimum Gasteiger partial charge on any atom is -0.392 e. The summed E-state index contributed by atoms with van der Waals surface area (Å²) in [7, 11) is 1.80. The largest absolute Gasteiger partial charge is 0.392 e. The van der Waals surface area contributed by atoms with Gasteiger partial charge in [-0.25, -0.2) is 4.79 Å². The van der Waals surface area contributed by atoms with Crippen LogP contribution in [0.25, 0.3) is 10.9 Å². The lowest BCUT2D eigenvalue weighted by molar-refractivity contribution is -0.161. The van der Waals surface area contributed by atoms with E-state index in [1.54, 1.807) is 17.7 Å². The molecule has 0 radical (unpaired) electrons. The second-order valence-corrected chi connectivity index (χ2v) is 6.60. The van der Waals surface area contributed by atoms with E-state index in [1.807, 2.05) is 24.3 Å². The van der Waals surface area contributed by atoms with Crippen LogP contribution < -0.4 is 11.1 Å². The maximum Gasteiger partial charge on any atom is 0.331 e. The van der Waals surface area contributed by atoms with Crippen molar-refractivity contribution in [2.45, 2.75) is 25.3 Å². The first kappa shape index (κ1) is 18.8. The zero-order valence-electron chi connectivity index (χ0n) is 14.9. The van der Waals surface area contributed by atoms with Gasteiger partial charge in [0.25, 0.3) is 0 Å². The van der Waals surface area contributed by atoms with Crippen LogP contribution >= 0.6 is 0 Å². The predicted molar refractivity (Wildman–Crippen MR) is 96.7 cm³/mol. The van der Waals surface area contributed by atoms with E-state index in [9.17, 15) is 19.2 Å². The molecule has 1 aromatic heterocycles. The lowest BCUT2D eigenvalue weighted by Crippen LogP contribution is -2.41. The normalized spacial score (nSPS) is 19.1. The quantitative estimate of drug-likeness (QED) is 0.437. The molecule has 0 saturated carbocycles. The second-order valence-electron chi connectivity index (χ2n) is 6.60. The van der Waals surface area contributed by atoms with E-state index in [4.69, 9.17) is 10.5 Å². The zero-order chi connectivity index (χ0) is 19.6. The molecule has 1 aliphatic rings. The molecule has 1 saturated heterocycles. The average molecular weight is 371 g/mol. The Bertz CT molecular complexity index is 917. The maximum absolute atomic E-state index is 13.0. The van der Waals surface area contributed by atoms with E-state index >= 15 is 0 Å². The lowest BCUT2D eigenvalue weighted by Gasteiger charge is -2.17. The number of nitrogens with two attached hydrogens (primary N) is 1. The van der Waals surface area contributed by atoms with Gasteiger partial charge in [-0.1, -0.05) is 18.2 Å². The van der Waals surface area contributed by atoms with Crippen LogP contribution in [0.1, 0.15) is 29.8 Å². The minimum absolute atomic E-state index is 0.176. The number of aromatic nitrogens is 1. The molecule has 2 atom stereocenters. The van der Waals surface area contributed by atoms with Crippen LogP contribution in [0.15, 0.2) is 30.3 Å². The fourth-order valence-corrected chi connectivity index (χ4v) is 3.40. The summed E-state index contributed by atoms with van der Waals surface area (Å²) in [5.41, 5.74) is 6.40. The second kappa shape index (κ2) is 7.71. The van der Waals surface area contributed by atoms with Crippen molar-refractivity contribution >= 4 is 34.5 Å². The lowest BCUT2D eigenvalue weighted by atomic mass is 9.93. The van der Waals surface area contributed by atoms with E-state index < -0.39 is 29.8 Å². The summed E-state index contributed by atoms with van der Waals surface area (Å²) in [5, 5.41) is 3.87. The molecule has 1 fully saturated rings. The van der Waals surface area contributed by atoms with Crippen molar-refractivity contribution in [1.29, 1.82) is 0 Å². The van der Waals surface area contributed by atoms with Gasteiger partial charge in [0, 0.05) is 24.4 Å². The zero-order valence-corrected chi connectivity index (χ0v) is 14.9. The number of nitrogens with zero attached hydrogens (tertiary/aromatic N) is 1. The van der Waals surface area contributed by atoms with E-state index in [-0.39, 0.29) is 18.6 Å². The van der Waals surface area contributed by atoms with Gasteiger partial charge in [0.1, 0.15) is 6.04 Å². The highest BCUT2D eigenvalue weighted by Gasteiger charge is 2.40. The highest BCUT2D eigenvalue weighted by atomic mass is 16.6. The Hall–Kier alpha value is -3.00. The minimum atomic E-state index is -0.895. The van der Waals surface area contributed by atoms with Crippen molar-refractivity contribution in [2.24, 2.45) is 18.7 Å². The first-order valence-corrected chi connectivity index (χ1v) is 8.73. The van der Waals surface area contributed by atoms with Crippen LogP contribution in [0.5, 0.6) is 0 Å². The molecule has 8 nitrogen and oxygen atoms in total. The third-order valence-corrected chi connectivity index (χ3v) is 4.81. The third-order valence-electron chi connectivity index (χ3n) is 4.81. The number of ketones is 1. The molecule has 0 bridgehead atoms. The van der Waals surface area contributed by atoms with Gasteiger partial charge in [0.15, 0.2) is 5.78 Å². The standard InChI is InChI=1S/C19H21N3O5/c1-22-13-5-3-2-4-11(13)10-14(22)18(25)12-8-9-21-17(12)19(26)27-16(24)7-6-15(20)23/h2-5,10,12,17,21H,6-9H2,1H3,(H2,20,23)/t12-,17+/m0/s1. The molecule has 1 aromatic carbocycles. The number of hydrogen-bond acceptors (Lipinski definition) is 6. The van der Waals surface area contributed by atoms with Crippen molar-refractivity contribution in [1.82, 2.24) is 9.88 Å². The Morgan fingerprint density at radius 1 is 1.22 bits per heavy atom. The van der Waals surface area contributed by atoms with Gasteiger partial charge in [-0.3, -0.25) is 14.4 Å². The number of rotatable bonds is 6. The molecule has 1 aliphatic heterocycles. The molecule has 0 unspecified atom stereocenters. The number of carbonyl (C=O) groups excluding carboxylic acids is 4. The molecular formula is C19H21N3O5. The Morgan fingerprint density at radius 2 is 1.96 bits per heavy atom. The summed E-state index contributed by atoms with van der Waals surface area (Å²) in [6, 6.07) is 8.53. The molecule has 27 heavy (non-hydrogen) atoms. The number of amides is 1. The molecule has 0 aliphatic carbocycles. The van der Waals surface area contributed by atoms with Crippen molar-refractivity contribution in [3.05, 3.63) is 36.0 Å². The highest BCUT2D eigenvalue weighted by Crippen LogP contribution is 2.26. The number of aryl methyl sites for hydroxylation is 1. The van der Waals surface area contributed by atoms with Gasteiger partial charge in [0.2, 0.25) is 5.91 Å². The van der Waals surface area contributed by atoms with Gasteiger partial charge < -0.3 is 20.4 Å². The third kappa shape index (κ3) is 3.90. The molecule has 8 heteroatoms. The Labute approximate surface area is 155 Å². The van der Waals surface area contributed by atoms with Crippen LogP contribution in [-0.4, -0.2) is 40.8 Å². The number of carbonyl (C=O) groups is 4. The molecule has 3 N–H and O–H groups in total. The molecule has 142 valence electrons. The van der Waals surface area contributed by atoms with Crippen LogP contribution in [0.2, 0.25) is 0 Å². The van der Waals surface area contributed by atoms with E-state index in [0.717, 1.165) is 10.9 Å². The maximum atomic E-state index is 13.0. The van der Waals surface area contributed by atoms with Gasteiger partial charge in [-0.05, 0) is 25.1 Å². The number of benzene rings is 1. The number of hydrogen-bond donors (Lipinski definition) is 2. The van der Waals surface area contributed by atoms with Crippen LogP contribution in [0.3, 0.4) is 0 Å². The Morgan fingerprint density at radius 3 is 2.67 bits per heavy atom. The van der Waals surface area contributed by atoms with Gasteiger partial charge in [-0.15, -0.1) is 0 Å². The van der Waals surface area contributed by atoms with Gasteiger partial charge >= 0.3 is 11.9 Å². The van der Waals surface area contributed by atoms with Gasteiger partial charge in [-0.2, -0.15) is 0 Å². The average Bonchev–Trinajstić information content (AvgIpc) is 3.25. The number of para-hydroxylation sites is 1. The number of primary amides is 1. The summed E-state index contributed by atoms with van der Waals surface area (Å²) < 4.78 is 6.58. The highest BCUT2D eigenvalue weighted by molar-refractivity contribution is 6.04. The van der Waals surface area contributed by atoms with E-state index in [1.165, 1.54) is 0 Å². The molecular weight excluding hydrogens is 350 g/mol. The van der Waals surface area contributed by atoms with Crippen LogP contribution in [0, 0.1) is 5.92 Å². The number of nitrogens with one attached hydrogen (secondary N) is 1. The molecule has 0 spiro atoms. The fraction of sp³-hybridized carbons (Fsp3) is 0.368. The summed E-state index contributed by atoms with van der Waals surface area (Å²) in [5.74, 6) is -3.08. The number of esters is 2. The first-order chi connectivity index (χ1) is 12.9. The summed E-state index contributed by atoms with van der Waals surface area (Å²) in [6.07, 6.45) is 0.00765. The summed E-state index contributed by atoms with van der Waals surface area (Å²) in [6.45, 7) is 0.468. The van der Waals surface area contributed by atoms with Crippen molar-refractivity contribution in [3.63, 3.8) is 0 Å². The van der Waals surface area contributed by atoms with E-state index in [0.29, 0.717) is 18.7 Å². The molecule has 2 heterocycles. The Balaban J connectivity index is 1.74. The van der Waals surface area contributed by atoms with Crippen LogP contribution in [-0.2, 0) is 26.2 Å². The fourth-order valence-electron chi connectivity index (χ4n) is 3.40. The Kier molecular flexibility index (Phi) is 5.36. The predicted octanol–water partition coefficient (Wildman–Crippen LogP) is 0.674. The monoisotopic (exact) mass is 371 g/mol. The number of ether oxygens (including phenoxy) is 1. The summed E-state index contributed by atoms with van der Waals surface area (Å²) >= 11 is 0. The van der Waals surface area contributed by atoms with Crippen LogP contribution in [0.4, 0.5) is 0 Å². The molecule has 2 aromatic rings. The molecule has 1 amide bonds. The molecule has 3 rings (SSSR count).